The van der Waals surface area contributed by atoms with Gasteiger partial charge < -0.3 is 4.90 Å². The Hall–Kier alpha value is -1.08. The Kier molecular flexibility index (Phi) is 4.23. The number of nitrogens with zero attached hydrogens (tertiary/aromatic N) is 1. The minimum Gasteiger partial charge on any atom is -0.304 e. The summed E-state index contributed by atoms with van der Waals surface area (Å²) in [5.41, 5.74) is 5.43. The molecule has 1 heteroatoms. The van der Waals surface area contributed by atoms with Crippen LogP contribution >= 0.6 is 0 Å². The molecule has 1 fully saturated rings. The topological polar surface area (TPSA) is 3.24 Å². The van der Waals surface area contributed by atoms with Crippen LogP contribution in [0.25, 0.3) is 5.57 Å². The Balaban J connectivity index is 2.08. The molecule has 1 saturated heterocycles. The number of hydrogen-bond acceptors (Lipinski definition) is 1. The molecule has 1 aromatic carbocycles. The maximum Gasteiger partial charge on any atom is -0.00130 e. The Morgan fingerprint density at radius 2 is 1.94 bits per heavy atom. The highest BCUT2D eigenvalue weighted by atomic mass is 15.1. The molecular formula is C17H25N. The third-order valence-corrected chi connectivity index (χ3v) is 4.26. The van der Waals surface area contributed by atoms with Crippen LogP contribution in [0.3, 0.4) is 0 Å². The van der Waals surface area contributed by atoms with Gasteiger partial charge in [0.1, 0.15) is 0 Å². The van der Waals surface area contributed by atoms with Crippen LogP contribution in [-0.2, 0) is 0 Å². The number of rotatable bonds is 3. The maximum atomic E-state index is 4.37. The second kappa shape index (κ2) is 5.71. The van der Waals surface area contributed by atoms with Crippen molar-refractivity contribution < 1.29 is 0 Å². The summed E-state index contributed by atoms with van der Waals surface area (Å²) in [6.45, 7) is 14.6. The zero-order valence-electron chi connectivity index (χ0n) is 12.0. The van der Waals surface area contributed by atoms with E-state index in [2.05, 4.69) is 50.4 Å². The van der Waals surface area contributed by atoms with Gasteiger partial charge >= 0.3 is 0 Å². The van der Waals surface area contributed by atoms with Crippen LogP contribution in [-0.4, -0.2) is 24.5 Å². The Bertz CT molecular complexity index is 425. The highest BCUT2D eigenvalue weighted by Crippen LogP contribution is 2.32. The SMILES string of the molecule is C=C(c1ccc(C)cc1C)C1CCN(CC)CC1. The molecule has 1 heterocycles. The van der Waals surface area contributed by atoms with Crippen LogP contribution in [0.5, 0.6) is 0 Å². The van der Waals surface area contributed by atoms with Crippen molar-refractivity contribution in [1.82, 2.24) is 4.90 Å². The van der Waals surface area contributed by atoms with Gasteiger partial charge in [-0.05, 0) is 68.9 Å². The van der Waals surface area contributed by atoms with Gasteiger partial charge in [-0.2, -0.15) is 0 Å². The third-order valence-electron chi connectivity index (χ3n) is 4.26. The lowest BCUT2D eigenvalue weighted by atomic mass is 9.84. The molecule has 0 aromatic heterocycles. The molecule has 1 aromatic rings. The van der Waals surface area contributed by atoms with E-state index in [0.29, 0.717) is 5.92 Å². The zero-order valence-corrected chi connectivity index (χ0v) is 12.0. The third kappa shape index (κ3) is 2.84. The highest BCUT2D eigenvalue weighted by Gasteiger charge is 2.21. The fourth-order valence-electron chi connectivity index (χ4n) is 2.99. The minimum absolute atomic E-state index is 0.675. The summed E-state index contributed by atoms with van der Waals surface area (Å²) in [5, 5.41) is 0. The van der Waals surface area contributed by atoms with E-state index in [1.54, 1.807) is 0 Å². The van der Waals surface area contributed by atoms with E-state index in [0.717, 1.165) is 0 Å². The van der Waals surface area contributed by atoms with E-state index >= 15 is 0 Å². The molecule has 2 rings (SSSR count). The maximum absolute atomic E-state index is 4.37. The van der Waals surface area contributed by atoms with E-state index in [1.165, 1.54) is 54.7 Å². The van der Waals surface area contributed by atoms with Crippen LogP contribution in [0.15, 0.2) is 24.8 Å². The normalized spacial score (nSPS) is 17.9. The van der Waals surface area contributed by atoms with Crippen molar-refractivity contribution in [2.75, 3.05) is 19.6 Å². The van der Waals surface area contributed by atoms with Gasteiger partial charge in [-0.1, -0.05) is 37.3 Å². The molecule has 0 N–H and O–H groups in total. The van der Waals surface area contributed by atoms with E-state index in [9.17, 15) is 0 Å². The summed E-state index contributed by atoms with van der Waals surface area (Å²) in [5.74, 6) is 0.675. The fraction of sp³-hybridized carbons (Fsp3) is 0.529. The number of likely N-dealkylation sites (tertiary alicyclic amines) is 1. The molecule has 0 atom stereocenters. The van der Waals surface area contributed by atoms with Crippen molar-refractivity contribution in [2.45, 2.75) is 33.6 Å². The zero-order chi connectivity index (χ0) is 13.1. The van der Waals surface area contributed by atoms with Gasteiger partial charge in [0.05, 0.1) is 0 Å². The Labute approximate surface area is 112 Å². The first-order valence-corrected chi connectivity index (χ1v) is 7.10. The average Bonchev–Trinajstić information content (AvgIpc) is 2.38. The average molecular weight is 243 g/mol. The number of benzene rings is 1. The Morgan fingerprint density at radius 3 is 2.50 bits per heavy atom. The first kappa shape index (κ1) is 13.4. The molecule has 98 valence electrons. The standard InChI is InChI=1S/C17H25N/c1-5-18-10-8-16(9-11-18)15(4)17-7-6-13(2)12-14(17)3/h6-7,12,16H,4-5,8-11H2,1-3H3. The van der Waals surface area contributed by atoms with Crippen LogP contribution < -0.4 is 0 Å². The Morgan fingerprint density at radius 1 is 1.28 bits per heavy atom. The van der Waals surface area contributed by atoms with Crippen molar-refractivity contribution in [2.24, 2.45) is 5.92 Å². The second-order valence-corrected chi connectivity index (χ2v) is 5.55. The second-order valence-electron chi connectivity index (χ2n) is 5.55. The molecule has 0 saturated carbocycles. The van der Waals surface area contributed by atoms with Crippen molar-refractivity contribution in [3.8, 4) is 0 Å². The van der Waals surface area contributed by atoms with Gasteiger partial charge in [0.15, 0.2) is 0 Å². The monoisotopic (exact) mass is 243 g/mol. The number of piperidine rings is 1. The molecule has 1 aliphatic heterocycles. The number of allylic oxidation sites excluding steroid dienone is 1. The molecule has 1 aliphatic rings. The van der Waals surface area contributed by atoms with Gasteiger partial charge in [-0.15, -0.1) is 0 Å². The largest absolute Gasteiger partial charge is 0.304 e. The summed E-state index contributed by atoms with van der Waals surface area (Å²) < 4.78 is 0. The van der Waals surface area contributed by atoms with E-state index in [4.69, 9.17) is 0 Å². The number of aryl methyl sites for hydroxylation is 2. The first-order valence-electron chi connectivity index (χ1n) is 7.10. The highest BCUT2D eigenvalue weighted by molar-refractivity contribution is 5.68. The molecular weight excluding hydrogens is 218 g/mol. The first-order chi connectivity index (χ1) is 8.61. The minimum atomic E-state index is 0.675. The van der Waals surface area contributed by atoms with Crippen LogP contribution in [0.2, 0.25) is 0 Å². The predicted molar refractivity (Wildman–Crippen MR) is 79.8 cm³/mol. The smallest absolute Gasteiger partial charge is 0.00130 e. The van der Waals surface area contributed by atoms with Gasteiger partial charge in [0.25, 0.3) is 0 Å². The lowest BCUT2D eigenvalue weighted by Gasteiger charge is -2.32. The quantitative estimate of drug-likeness (QED) is 0.774. The number of hydrogen-bond donors (Lipinski definition) is 0. The summed E-state index contributed by atoms with van der Waals surface area (Å²) in [4.78, 5) is 2.53. The van der Waals surface area contributed by atoms with E-state index in [-0.39, 0.29) is 0 Å². The summed E-state index contributed by atoms with van der Waals surface area (Å²) >= 11 is 0. The molecule has 0 aliphatic carbocycles. The molecule has 0 spiro atoms. The van der Waals surface area contributed by atoms with Crippen molar-refractivity contribution in [3.05, 3.63) is 41.5 Å². The molecule has 18 heavy (non-hydrogen) atoms. The van der Waals surface area contributed by atoms with Gasteiger partial charge in [-0.25, -0.2) is 0 Å². The van der Waals surface area contributed by atoms with E-state index in [1.807, 2.05) is 0 Å². The van der Waals surface area contributed by atoms with Crippen molar-refractivity contribution >= 4 is 5.57 Å². The van der Waals surface area contributed by atoms with Crippen LogP contribution in [0.1, 0.15) is 36.5 Å². The lowest BCUT2D eigenvalue weighted by Crippen LogP contribution is -2.33. The summed E-state index contributed by atoms with van der Waals surface area (Å²) in [6.07, 6.45) is 2.53. The molecule has 1 nitrogen and oxygen atoms in total. The molecule has 0 bridgehead atoms. The van der Waals surface area contributed by atoms with Crippen molar-refractivity contribution in [3.63, 3.8) is 0 Å². The fourth-order valence-corrected chi connectivity index (χ4v) is 2.99. The summed E-state index contributed by atoms with van der Waals surface area (Å²) in [7, 11) is 0. The summed E-state index contributed by atoms with van der Waals surface area (Å²) in [6, 6.07) is 6.72. The molecule has 0 unspecified atom stereocenters. The molecule has 0 radical (unpaired) electrons. The molecule has 0 amide bonds. The van der Waals surface area contributed by atoms with Crippen molar-refractivity contribution in [1.29, 1.82) is 0 Å². The van der Waals surface area contributed by atoms with Gasteiger partial charge in [0.2, 0.25) is 0 Å². The van der Waals surface area contributed by atoms with Gasteiger partial charge in [-0.3, -0.25) is 0 Å². The van der Waals surface area contributed by atoms with Gasteiger partial charge in [0, 0.05) is 0 Å². The predicted octanol–water partition coefficient (Wildman–Crippen LogP) is 4.05. The van der Waals surface area contributed by atoms with Crippen LogP contribution in [0.4, 0.5) is 0 Å². The lowest BCUT2D eigenvalue weighted by molar-refractivity contribution is 0.216. The van der Waals surface area contributed by atoms with Crippen LogP contribution in [0, 0.1) is 19.8 Å². The van der Waals surface area contributed by atoms with E-state index < -0.39 is 0 Å².